The van der Waals surface area contributed by atoms with Gasteiger partial charge in [0.05, 0.1) is 18.2 Å². The van der Waals surface area contributed by atoms with Crippen molar-refractivity contribution in [2.24, 2.45) is 5.92 Å². The van der Waals surface area contributed by atoms with Crippen molar-refractivity contribution in [2.45, 2.75) is 37.5 Å². The van der Waals surface area contributed by atoms with Crippen LogP contribution in [-0.2, 0) is 21.4 Å². The third-order valence-electron chi connectivity index (χ3n) is 7.22. The second-order valence-electron chi connectivity index (χ2n) is 9.45. The molecule has 0 saturated heterocycles. The third kappa shape index (κ3) is 4.55. The van der Waals surface area contributed by atoms with Crippen molar-refractivity contribution in [3.05, 3.63) is 83.2 Å². The van der Waals surface area contributed by atoms with Gasteiger partial charge in [-0.3, -0.25) is 9.59 Å². The average Bonchev–Trinajstić information content (AvgIpc) is 3.60. The molecule has 1 spiro atoms. The number of nitrogens with one attached hydrogen (secondary N) is 1. The second-order valence-corrected chi connectivity index (χ2v) is 9.45. The quantitative estimate of drug-likeness (QED) is 0.465. The van der Waals surface area contributed by atoms with Crippen LogP contribution in [-0.4, -0.2) is 23.6 Å². The Kier molecular flexibility index (Phi) is 6.19. The first-order valence-electron chi connectivity index (χ1n) is 12.0. The number of aryl methyl sites for hydroxylation is 1. The highest BCUT2D eigenvalue weighted by molar-refractivity contribution is 5.97. The number of rotatable bonds is 7. The van der Waals surface area contributed by atoms with Crippen molar-refractivity contribution in [3.63, 3.8) is 0 Å². The molecule has 2 aliphatic rings. The van der Waals surface area contributed by atoms with E-state index >= 15 is 0 Å². The van der Waals surface area contributed by atoms with E-state index in [0.29, 0.717) is 43.5 Å². The molecule has 2 N–H and O–H groups in total. The number of nitrogens with zero attached hydrogens (tertiary/aromatic N) is 1. The van der Waals surface area contributed by atoms with Crippen LogP contribution in [0.1, 0.15) is 42.4 Å². The smallest absolute Gasteiger partial charge is 0.303 e. The maximum absolute atomic E-state index is 13.4. The van der Waals surface area contributed by atoms with Gasteiger partial charge in [-0.25, -0.2) is 4.39 Å². The topological polar surface area (TPSA) is 99.4 Å². The Hall–Kier alpha value is -4.18. The number of hydrogen-bond acceptors (Lipinski definition) is 4. The zero-order valence-corrected chi connectivity index (χ0v) is 19.6. The van der Waals surface area contributed by atoms with Gasteiger partial charge in [-0.2, -0.15) is 5.26 Å². The molecule has 36 heavy (non-hydrogen) atoms. The number of halogens is 1. The van der Waals surface area contributed by atoms with Gasteiger partial charge in [0.1, 0.15) is 11.6 Å². The fourth-order valence-corrected chi connectivity index (χ4v) is 5.20. The Balaban J connectivity index is 1.39. The van der Waals surface area contributed by atoms with Gasteiger partial charge >= 0.3 is 5.97 Å². The summed E-state index contributed by atoms with van der Waals surface area (Å²) in [7, 11) is 0. The van der Waals surface area contributed by atoms with Gasteiger partial charge < -0.3 is 15.2 Å². The highest BCUT2D eigenvalue weighted by Gasteiger charge is 2.61. The van der Waals surface area contributed by atoms with Gasteiger partial charge in [0.2, 0.25) is 5.91 Å². The van der Waals surface area contributed by atoms with E-state index < -0.39 is 5.97 Å². The number of anilines is 1. The van der Waals surface area contributed by atoms with Gasteiger partial charge in [0, 0.05) is 29.0 Å². The van der Waals surface area contributed by atoms with Crippen molar-refractivity contribution in [2.75, 3.05) is 11.9 Å². The minimum absolute atomic E-state index is 0.0340. The first-order chi connectivity index (χ1) is 17.4. The standard InChI is InChI=1S/C29H25FN2O4/c30-22-9-6-19(7-10-22)21-8-11-26-23(15-21)29(12-13-36-26)16-24(29)28(35)32-25-14-18(17-31)4-5-20(25)2-1-3-27(33)34/h4-11,14-15,24H,1-3,12-13,16H2,(H,32,35)(H,33,34)/t24-,29-/m0/s1. The molecule has 1 amide bonds. The highest BCUT2D eigenvalue weighted by Crippen LogP contribution is 2.61. The average molecular weight is 485 g/mol. The fraction of sp³-hybridized carbons (Fsp3) is 0.276. The second kappa shape index (κ2) is 9.46. The Labute approximate surface area is 208 Å². The third-order valence-corrected chi connectivity index (χ3v) is 7.22. The number of aliphatic carboxylic acids is 1. The van der Waals surface area contributed by atoms with Crippen LogP contribution in [0.4, 0.5) is 10.1 Å². The van der Waals surface area contributed by atoms with E-state index in [0.717, 1.165) is 28.0 Å². The van der Waals surface area contributed by atoms with Gasteiger partial charge in [-0.15, -0.1) is 0 Å². The van der Waals surface area contributed by atoms with Crippen molar-refractivity contribution >= 4 is 17.6 Å². The highest BCUT2D eigenvalue weighted by atomic mass is 19.1. The Morgan fingerprint density at radius 1 is 1.11 bits per heavy atom. The van der Waals surface area contributed by atoms with Gasteiger partial charge in [0.15, 0.2) is 0 Å². The number of fused-ring (bicyclic) bond motifs is 2. The zero-order chi connectivity index (χ0) is 25.3. The molecule has 3 aromatic carbocycles. The monoisotopic (exact) mass is 484 g/mol. The van der Waals surface area contributed by atoms with E-state index in [2.05, 4.69) is 11.4 Å². The fourth-order valence-electron chi connectivity index (χ4n) is 5.20. The molecule has 3 aromatic rings. The number of hydrogen-bond donors (Lipinski definition) is 2. The number of benzene rings is 3. The maximum atomic E-state index is 13.4. The number of ether oxygens (including phenoxy) is 1. The van der Waals surface area contributed by atoms with Crippen LogP contribution in [0.25, 0.3) is 11.1 Å². The number of carbonyl (C=O) groups is 2. The summed E-state index contributed by atoms with van der Waals surface area (Å²) in [5, 5.41) is 21.3. The lowest BCUT2D eigenvalue weighted by atomic mass is 9.85. The van der Waals surface area contributed by atoms with Crippen molar-refractivity contribution in [3.8, 4) is 22.9 Å². The normalized spacial score (nSPS) is 19.6. The van der Waals surface area contributed by atoms with E-state index in [1.54, 1.807) is 30.3 Å². The van der Waals surface area contributed by atoms with E-state index in [9.17, 15) is 19.2 Å². The number of nitriles is 1. The Bertz CT molecular complexity index is 1380. The molecule has 5 rings (SSSR count). The minimum Gasteiger partial charge on any atom is -0.493 e. The molecule has 0 aromatic heterocycles. The van der Waals surface area contributed by atoms with E-state index in [1.807, 2.05) is 18.2 Å². The molecule has 0 radical (unpaired) electrons. The molecule has 7 heteroatoms. The van der Waals surface area contributed by atoms with Gasteiger partial charge in [-0.1, -0.05) is 24.3 Å². The predicted molar refractivity (Wildman–Crippen MR) is 132 cm³/mol. The van der Waals surface area contributed by atoms with Crippen molar-refractivity contribution < 1.29 is 23.8 Å². The summed E-state index contributed by atoms with van der Waals surface area (Å²) in [6.07, 6.45) is 2.37. The molecular formula is C29H25FN2O4. The molecule has 1 fully saturated rings. The molecule has 1 aliphatic heterocycles. The SMILES string of the molecule is N#Cc1ccc(CCCC(=O)O)c(NC(=O)[C@@H]2C[C@]23CCOc2ccc(-c4ccc(F)cc4)cc23)c1. The van der Waals surface area contributed by atoms with E-state index in [4.69, 9.17) is 9.84 Å². The number of carboxylic acid groups (broad SMARTS) is 1. The molecule has 182 valence electrons. The van der Waals surface area contributed by atoms with Crippen LogP contribution in [0.3, 0.4) is 0 Å². The minimum atomic E-state index is -0.868. The van der Waals surface area contributed by atoms with Crippen LogP contribution < -0.4 is 10.1 Å². The summed E-state index contributed by atoms with van der Waals surface area (Å²) >= 11 is 0. The summed E-state index contributed by atoms with van der Waals surface area (Å²) in [5.41, 5.74) is 4.28. The van der Waals surface area contributed by atoms with Gasteiger partial charge in [-0.05, 0) is 78.8 Å². The number of carboxylic acids is 1. The molecule has 0 unspecified atom stereocenters. The lowest BCUT2D eigenvalue weighted by Crippen LogP contribution is -2.27. The van der Waals surface area contributed by atoms with Crippen LogP contribution in [0, 0.1) is 23.1 Å². The first-order valence-corrected chi connectivity index (χ1v) is 12.0. The van der Waals surface area contributed by atoms with Gasteiger partial charge in [0.25, 0.3) is 0 Å². The summed E-state index contributed by atoms with van der Waals surface area (Å²) in [5.74, 6) is -0.764. The molecule has 1 saturated carbocycles. The largest absolute Gasteiger partial charge is 0.493 e. The van der Waals surface area contributed by atoms with Crippen molar-refractivity contribution in [1.82, 2.24) is 0 Å². The molecular weight excluding hydrogens is 459 g/mol. The lowest BCUT2D eigenvalue weighted by molar-refractivity contribution is -0.137. The summed E-state index contributed by atoms with van der Waals surface area (Å²) in [6, 6.07) is 19.4. The number of carbonyl (C=O) groups excluding carboxylic acids is 1. The number of amides is 1. The van der Waals surface area contributed by atoms with E-state index in [1.165, 1.54) is 12.1 Å². The summed E-state index contributed by atoms with van der Waals surface area (Å²) in [4.78, 5) is 24.3. The molecule has 6 nitrogen and oxygen atoms in total. The maximum Gasteiger partial charge on any atom is 0.303 e. The summed E-state index contributed by atoms with van der Waals surface area (Å²) in [6.45, 7) is 0.525. The lowest BCUT2D eigenvalue weighted by Gasteiger charge is -2.27. The first kappa shape index (κ1) is 23.6. The van der Waals surface area contributed by atoms with Crippen LogP contribution in [0.5, 0.6) is 5.75 Å². The van der Waals surface area contributed by atoms with Crippen LogP contribution in [0.2, 0.25) is 0 Å². The Morgan fingerprint density at radius 3 is 2.64 bits per heavy atom. The Morgan fingerprint density at radius 2 is 1.89 bits per heavy atom. The zero-order valence-electron chi connectivity index (χ0n) is 19.6. The molecule has 1 aliphatic carbocycles. The summed E-state index contributed by atoms with van der Waals surface area (Å²) < 4.78 is 19.3. The van der Waals surface area contributed by atoms with Crippen LogP contribution in [0.15, 0.2) is 60.7 Å². The van der Waals surface area contributed by atoms with Crippen molar-refractivity contribution in [1.29, 1.82) is 5.26 Å². The molecule has 1 heterocycles. The van der Waals surface area contributed by atoms with Crippen LogP contribution >= 0.6 is 0 Å². The predicted octanol–water partition coefficient (Wildman–Crippen LogP) is 5.45. The van der Waals surface area contributed by atoms with E-state index in [-0.39, 0.29) is 29.5 Å². The molecule has 0 bridgehead atoms. The molecule has 2 atom stereocenters.